The minimum absolute atomic E-state index is 0.306. The monoisotopic (exact) mass is 271 g/mol. The van der Waals surface area contributed by atoms with Crippen LogP contribution in [0.1, 0.15) is 22.9 Å². The van der Waals surface area contributed by atoms with E-state index in [0.717, 1.165) is 12.8 Å². The van der Waals surface area contributed by atoms with Gasteiger partial charge in [0.05, 0.1) is 9.83 Å². The zero-order chi connectivity index (χ0) is 9.97. The van der Waals surface area contributed by atoms with E-state index < -0.39 is 0 Å². The molecule has 0 bridgehead atoms. The van der Waals surface area contributed by atoms with Crippen LogP contribution in [-0.4, -0.2) is 6.61 Å². The van der Waals surface area contributed by atoms with Gasteiger partial charge in [-0.2, -0.15) is 5.48 Å². The number of hydrogen-bond donors (Lipinski definition) is 1. The second-order valence-corrected chi connectivity index (χ2v) is 5.65. The number of nitrogens with one attached hydrogen (secondary N) is 1. The lowest BCUT2D eigenvalue weighted by molar-refractivity contribution is 0.0382. The number of hydroxylamine groups is 1. The summed E-state index contributed by atoms with van der Waals surface area (Å²) in [6.45, 7) is 0.317. The molecule has 0 fully saturated rings. The molecule has 74 valence electrons. The van der Waals surface area contributed by atoms with E-state index in [1.54, 1.807) is 11.3 Å². The van der Waals surface area contributed by atoms with Crippen LogP contribution < -0.4 is 5.48 Å². The number of terminal acetylenes is 1. The molecule has 0 amide bonds. The van der Waals surface area contributed by atoms with E-state index in [-0.39, 0.29) is 0 Å². The van der Waals surface area contributed by atoms with Gasteiger partial charge in [0.15, 0.2) is 0 Å². The summed E-state index contributed by atoms with van der Waals surface area (Å²) in [7, 11) is 0. The highest BCUT2D eigenvalue weighted by Gasteiger charge is 2.24. The zero-order valence-electron chi connectivity index (χ0n) is 7.55. The van der Waals surface area contributed by atoms with Crippen LogP contribution >= 0.6 is 27.3 Å². The number of rotatable bonds is 3. The molecule has 1 N–H and O–H groups in total. The summed E-state index contributed by atoms with van der Waals surface area (Å²) in [5.74, 6) is 2.43. The molecule has 1 aromatic heterocycles. The van der Waals surface area contributed by atoms with Crippen molar-refractivity contribution >= 4 is 27.3 Å². The van der Waals surface area contributed by atoms with Crippen LogP contribution in [0.15, 0.2) is 9.85 Å². The summed E-state index contributed by atoms with van der Waals surface area (Å²) < 4.78 is 1.19. The van der Waals surface area contributed by atoms with Crippen LogP contribution in [0.25, 0.3) is 0 Å². The highest BCUT2D eigenvalue weighted by atomic mass is 79.9. The SMILES string of the molecule is C#CCONC1CCc2sc(Br)cc21. The molecule has 0 saturated heterocycles. The summed E-state index contributed by atoms with van der Waals surface area (Å²) in [6, 6.07) is 2.46. The van der Waals surface area contributed by atoms with Gasteiger partial charge < -0.3 is 0 Å². The Balaban J connectivity index is 2.00. The van der Waals surface area contributed by atoms with E-state index >= 15 is 0 Å². The van der Waals surface area contributed by atoms with Gasteiger partial charge in [0, 0.05) is 4.88 Å². The molecule has 2 rings (SSSR count). The third kappa shape index (κ3) is 2.01. The molecule has 0 aromatic carbocycles. The van der Waals surface area contributed by atoms with E-state index in [1.807, 2.05) is 0 Å². The van der Waals surface area contributed by atoms with Crippen molar-refractivity contribution in [2.45, 2.75) is 18.9 Å². The van der Waals surface area contributed by atoms with E-state index in [2.05, 4.69) is 33.4 Å². The van der Waals surface area contributed by atoms with Crippen molar-refractivity contribution in [1.82, 2.24) is 5.48 Å². The topological polar surface area (TPSA) is 21.3 Å². The van der Waals surface area contributed by atoms with Gasteiger partial charge in [-0.3, -0.25) is 4.84 Å². The zero-order valence-corrected chi connectivity index (χ0v) is 9.95. The fraction of sp³-hybridized carbons (Fsp3) is 0.400. The van der Waals surface area contributed by atoms with Gasteiger partial charge in [-0.25, -0.2) is 0 Å². The molecule has 0 spiro atoms. The predicted octanol–water partition coefficient (Wildman–Crippen LogP) is 2.65. The lowest BCUT2D eigenvalue weighted by atomic mass is 10.2. The third-order valence-corrected chi connectivity index (χ3v) is 3.94. The minimum Gasteiger partial charge on any atom is -0.288 e. The first-order valence-electron chi connectivity index (χ1n) is 4.40. The van der Waals surface area contributed by atoms with Crippen molar-refractivity contribution in [3.8, 4) is 12.3 Å². The molecule has 1 aromatic rings. The summed E-state index contributed by atoms with van der Waals surface area (Å²) in [5, 5.41) is 0. The van der Waals surface area contributed by atoms with Crippen molar-refractivity contribution in [2.75, 3.05) is 6.61 Å². The predicted molar refractivity (Wildman–Crippen MR) is 61.0 cm³/mol. The molecule has 0 radical (unpaired) electrons. The van der Waals surface area contributed by atoms with Gasteiger partial charge in [0.2, 0.25) is 0 Å². The molecule has 0 aliphatic heterocycles. The van der Waals surface area contributed by atoms with Crippen LogP contribution in [0.2, 0.25) is 0 Å². The van der Waals surface area contributed by atoms with Crippen LogP contribution in [0.3, 0.4) is 0 Å². The van der Waals surface area contributed by atoms with Crippen LogP contribution in [-0.2, 0) is 11.3 Å². The van der Waals surface area contributed by atoms with Crippen LogP contribution in [0.4, 0.5) is 0 Å². The molecule has 2 nitrogen and oxygen atoms in total. The van der Waals surface area contributed by atoms with E-state index in [1.165, 1.54) is 14.2 Å². The molecular formula is C10H10BrNOS. The standard InChI is InChI=1S/C10H10BrNOS/c1-2-5-13-12-8-3-4-9-7(8)6-10(11)14-9/h1,6,8,12H,3-5H2. The number of aryl methyl sites for hydroxylation is 1. The van der Waals surface area contributed by atoms with E-state index in [0.29, 0.717) is 12.6 Å². The normalized spacial score (nSPS) is 19.3. The van der Waals surface area contributed by atoms with Gasteiger partial charge in [0.1, 0.15) is 6.61 Å². The molecule has 1 atom stereocenters. The molecule has 14 heavy (non-hydrogen) atoms. The maximum atomic E-state index is 5.14. The Morgan fingerprint density at radius 2 is 2.64 bits per heavy atom. The first-order chi connectivity index (χ1) is 6.81. The molecule has 1 heterocycles. The van der Waals surface area contributed by atoms with E-state index in [4.69, 9.17) is 11.3 Å². The number of thiophene rings is 1. The quantitative estimate of drug-likeness (QED) is 0.519. The van der Waals surface area contributed by atoms with Crippen molar-refractivity contribution < 1.29 is 4.84 Å². The van der Waals surface area contributed by atoms with Crippen LogP contribution in [0, 0.1) is 12.3 Å². The third-order valence-electron chi connectivity index (χ3n) is 2.23. The molecule has 1 aliphatic rings. The summed E-state index contributed by atoms with van der Waals surface area (Å²) in [4.78, 5) is 6.58. The first kappa shape index (κ1) is 10.2. The Morgan fingerprint density at radius 3 is 3.43 bits per heavy atom. The Labute approximate surface area is 95.7 Å². The maximum Gasteiger partial charge on any atom is 0.128 e. The average Bonchev–Trinajstić information content (AvgIpc) is 2.66. The largest absolute Gasteiger partial charge is 0.288 e. The van der Waals surface area contributed by atoms with Gasteiger partial charge in [0.25, 0.3) is 0 Å². The number of halogens is 1. The fourth-order valence-electron chi connectivity index (χ4n) is 1.64. The summed E-state index contributed by atoms with van der Waals surface area (Å²) in [6.07, 6.45) is 7.32. The Kier molecular flexibility index (Phi) is 3.24. The van der Waals surface area contributed by atoms with Crippen molar-refractivity contribution in [3.63, 3.8) is 0 Å². The molecule has 0 saturated carbocycles. The Hall–Kier alpha value is -0.340. The second-order valence-electron chi connectivity index (χ2n) is 3.13. The first-order valence-corrected chi connectivity index (χ1v) is 6.01. The van der Waals surface area contributed by atoms with Crippen molar-refractivity contribution in [2.24, 2.45) is 0 Å². The number of hydrogen-bond acceptors (Lipinski definition) is 3. The van der Waals surface area contributed by atoms with E-state index in [9.17, 15) is 0 Å². The summed E-state index contributed by atoms with van der Waals surface area (Å²) in [5.41, 5.74) is 4.34. The molecule has 1 unspecified atom stereocenters. The van der Waals surface area contributed by atoms with Gasteiger partial charge in [-0.05, 0) is 40.4 Å². The highest BCUT2D eigenvalue weighted by Crippen LogP contribution is 2.39. The van der Waals surface area contributed by atoms with Gasteiger partial charge in [-0.15, -0.1) is 17.8 Å². The molecular weight excluding hydrogens is 262 g/mol. The van der Waals surface area contributed by atoms with Crippen LogP contribution in [0.5, 0.6) is 0 Å². The van der Waals surface area contributed by atoms with Gasteiger partial charge in [-0.1, -0.05) is 5.92 Å². The van der Waals surface area contributed by atoms with Gasteiger partial charge >= 0.3 is 0 Å². The number of fused-ring (bicyclic) bond motifs is 1. The second kappa shape index (κ2) is 4.45. The highest BCUT2D eigenvalue weighted by molar-refractivity contribution is 9.11. The minimum atomic E-state index is 0.306. The maximum absolute atomic E-state index is 5.14. The average molecular weight is 272 g/mol. The lowest BCUT2D eigenvalue weighted by Crippen LogP contribution is -2.19. The molecule has 4 heteroatoms. The fourth-order valence-corrected chi connectivity index (χ4v) is 3.43. The van der Waals surface area contributed by atoms with Crippen molar-refractivity contribution in [3.05, 3.63) is 20.3 Å². The summed E-state index contributed by atoms with van der Waals surface area (Å²) >= 11 is 5.29. The lowest BCUT2D eigenvalue weighted by Gasteiger charge is -2.10. The Bertz CT molecular complexity index is 369. The Morgan fingerprint density at radius 1 is 1.79 bits per heavy atom. The van der Waals surface area contributed by atoms with Crippen molar-refractivity contribution in [1.29, 1.82) is 0 Å². The smallest absolute Gasteiger partial charge is 0.128 e. The molecule has 1 aliphatic carbocycles.